The first-order valence-electron chi connectivity index (χ1n) is 16.1. The number of carbonyl (C=O) groups excluding carboxylic acids is 3. The molecule has 0 bridgehead atoms. The van der Waals surface area contributed by atoms with Crippen LogP contribution in [0.25, 0.3) is 22.5 Å². The van der Waals surface area contributed by atoms with E-state index in [-0.39, 0.29) is 17.2 Å². The normalized spacial score (nSPS) is 17.9. The van der Waals surface area contributed by atoms with Crippen molar-refractivity contribution in [2.24, 2.45) is 4.99 Å². The van der Waals surface area contributed by atoms with Gasteiger partial charge in [0.15, 0.2) is 11.0 Å². The Hall–Kier alpha value is -5.21. The summed E-state index contributed by atoms with van der Waals surface area (Å²) < 4.78 is 15.9. The number of H-pyrrole nitrogens is 1. The molecule has 3 aromatic carbocycles. The fraction of sp³-hybridized carbons (Fsp3) is 0.314. The number of anilines is 1. The number of nitrogens with zero attached hydrogens (tertiary/aromatic N) is 5. The van der Waals surface area contributed by atoms with Crippen LogP contribution < -0.4 is 10.4 Å². The van der Waals surface area contributed by atoms with Gasteiger partial charge < -0.3 is 14.2 Å². The highest BCUT2D eigenvalue weighted by Gasteiger charge is 2.29. The molecule has 1 amide bonds. The van der Waals surface area contributed by atoms with Gasteiger partial charge in [-0.15, -0.1) is 15.6 Å². The molecule has 254 valence electrons. The summed E-state index contributed by atoms with van der Waals surface area (Å²) in [6, 6.07) is 21.9. The monoisotopic (exact) mass is 683 g/mol. The number of nitrogens with one attached hydrogen (secondary N) is 2. The summed E-state index contributed by atoms with van der Waals surface area (Å²) in [5, 5.41) is 16.6. The summed E-state index contributed by atoms with van der Waals surface area (Å²) in [7, 11) is -0.529. The van der Waals surface area contributed by atoms with E-state index in [4.69, 9.17) is 14.2 Å². The summed E-state index contributed by atoms with van der Waals surface area (Å²) in [5.74, 6) is -0.867. The van der Waals surface area contributed by atoms with Crippen LogP contribution in [-0.4, -0.2) is 67.5 Å². The van der Waals surface area contributed by atoms with E-state index in [0.29, 0.717) is 11.0 Å². The van der Waals surface area contributed by atoms with Gasteiger partial charge >= 0.3 is 12.1 Å². The molecule has 1 aliphatic heterocycles. The zero-order valence-corrected chi connectivity index (χ0v) is 28.2. The van der Waals surface area contributed by atoms with Crippen molar-refractivity contribution in [1.29, 1.82) is 0 Å². The Morgan fingerprint density at radius 2 is 1.63 bits per heavy atom. The third-order valence-corrected chi connectivity index (χ3v) is 10.2. The summed E-state index contributed by atoms with van der Waals surface area (Å²) in [6.07, 6.45) is 5.09. The number of carbonyl (C=O) groups is 3. The standard InChI is InChI=1S/C35H37N7O6S/c1-4-30-39-42(24-20-18-23(19-21-24)26-14-8-9-15-27(26)31-37-40-41-38-31)34(49(30)3)36-32(43)28-16-10-11-17-29(28)33(44)46-22(2)47-35(45)48-25-12-6-5-7-13-25/h8-11,14-22,25,39H,4-7,12-13H2,1-3H3,(H,37,38,40,41). The van der Waals surface area contributed by atoms with Gasteiger partial charge in [-0.3, -0.25) is 4.79 Å². The number of tetrazole rings is 1. The Kier molecular flexibility index (Phi) is 10.5. The number of aliphatic imine (C=N–C) groups is 1. The van der Waals surface area contributed by atoms with Crippen molar-refractivity contribution >= 4 is 44.4 Å². The fourth-order valence-electron chi connectivity index (χ4n) is 5.80. The number of benzene rings is 3. The second-order valence-electron chi connectivity index (χ2n) is 11.5. The predicted molar refractivity (Wildman–Crippen MR) is 187 cm³/mol. The number of aromatic amines is 1. The number of ether oxygens (including phenoxy) is 3. The number of hydrazine groups is 1. The highest BCUT2D eigenvalue weighted by Crippen LogP contribution is 2.33. The molecule has 1 aromatic heterocycles. The lowest BCUT2D eigenvalue weighted by atomic mass is 9.98. The molecular weight excluding hydrogens is 646 g/mol. The third-order valence-electron chi connectivity index (χ3n) is 8.28. The van der Waals surface area contributed by atoms with Crippen molar-refractivity contribution in [3.63, 3.8) is 0 Å². The van der Waals surface area contributed by atoms with Crippen molar-refractivity contribution < 1.29 is 28.6 Å². The van der Waals surface area contributed by atoms with Crippen LogP contribution in [0.2, 0.25) is 0 Å². The lowest BCUT2D eigenvalue weighted by Gasteiger charge is -2.22. The minimum Gasteiger partial charge on any atom is -0.431 e. The Bertz CT molecular complexity index is 1890. The summed E-state index contributed by atoms with van der Waals surface area (Å²) in [6.45, 7) is 3.46. The number of hydrogen-bond acceptors (Lipinski definition) is 10. The van der Waals surface area contributed by atoms with E-state index in [0.717, 1.165) is 65.9 Å². The Morgan fingerprint density at radius 3 is 2.33 bits per heavy atom. The maximum absolute atomic E-state index is 13.7. The molecule has 2 N–H and O–H groups in total. The van der Waals surface area contributed by atoms with Gasteiger partial charge in [-0.1, -0.05) is 61.9 Å². The van der Waals surface area contributed by atoms with Crippen LogP contribution in [0.5, 0.6) is 0 Å². The minimum atomic E-state index is -1.22. The van der Waals surface area contributed by atoms with E-state index >= 15 is 0 Å². The van der Waals surface area contributed by atoms with Gasteiger partial charge in [0.1, 0.15) is 6.10 Å². The Morgan fingerprint density at radius 1 is 0.939 bits per heavy atom. The second kappa shape index (κ2) is 15.3. The van der Waals surface area contributed by atoms with Crippen molar-refractivity contribution in [2.45, 2.75) is 64.8 Å². The lowest BCUT2D eigenvalue weighted by Crippen LogP contribution is -2.39. The average molecular weight is 684 g/mol. The highest BCUT2D eigenvalue weighted by molar-refractivity contribution is 8.28. The van der Waals surface area contributed by atoms with Gasteiger partial charge in [0.05, 0.1) is 16.8 Å². The number of rotatable bonds is 9. The van der Waals surface area contributed by atoms with Gasteiger partial charge in [-0.25, -0.2) is 19.7 Å². The van der Waals surface area contributed by atoms with Gasteiger partial charge in [0, 0.05) is 17.5 Å². The maximum Gasteiger partial charge on any atom is 0.511 e. The molecule has 2 heterocycles. The number of amides is 1. The molecule has 4 aromatic rings. The first-order valence-corrected chi connectivity index (χ1v) is 17.8. The maximum atomic E-state index is 13.7. The van der Waals surface area contributed by atoms with E-state index in [1.54, 1.807) is 17.1 Å². The molecule has 2 unspecified atom stereocenters. The first kappa shape index (κ1) is 33.7. The quantitative estimate of drug-likeness (QED) is 0.113. The molecular formula is C35H37N7O6S. The third kappa shape index (κ3) is 7.76. The van der Waals surface area contributed by atoms with E-state index in [9.17, 15) is 14.4 Å². The van der Waals surface area contributed by atoms with Crippen LogP contribution in [-0.2, 0) is 14.2 Å². The Labute approximate surface area is 285 Å². The van der Waals surface area contributed by atoms with Crippen molar-refractivity contribution in [1.82, 2.24) is 26.0 Å². The molecule has 0 radical (unpaired) electrons. The summed E-state index contributed by atoms with van der Waals surface area (Å²) in [4.78, 5) is 44.7. The van der Waals surface area contributed by atoms with Gasteiger partial charge in [-0.05, 0) is 84.2 Å². The van der Waals surface area contributed by atoms with Crippen molar-refractivity contribution in [2.75, 3.05) is 11.3 Å². The second-order valence-corrected chi connectivity index (χ2v) is 13.4. The minimum absolute atomic E-state index is 0.00566. The molecule has 1 fully saturated rings. The van der Waals surface area contributed by atoms with Crippen LogP contribution in [0.3, 0.4) is 0 Å². The lowest BCUT2D eigenvalue weighted by molar-refractivity contribution is -0.0915. The molecule has 2 atom stereocenters. The molecule has 0 saturated heterocycles. The van der Waals surface area contributed by atoms with Crippen molar-refractivity contribution in [3.05, 3.63) is 83.9 Å². The van der Waals surface area contributed by atoms with Crippen molar-refractivity contribution in [3.8, 4) is 22.5 Å². The van der Waals surface area contributed by atoms with E-state index < -0.39 is 34.8 Å². The van der Waals surface area contributed by atoms with Gasteiger partial charge in [0.2, 0.25) is 6.29 Å². The smallest absolute Gasteiger partial charge is 0.431 e. The average Bonchev–Trinajstić information content (AvgIpc) is 3.77. The zero-order valence-electron chi connectivity index (χ0n) is 27.4. The molecule has 6 rings (SSSR count). The van der Waals surface area contributed by atoms with Gasteiger partial charge in [-0.2, -0.15) is 10.4 Å². The molecule has 14 heteroatoms. The first-order chi connectivity index (χ1) is 23.8. The SMILES string of the molecule is CCC1=S(C)C(=NC(=O)c2ccccc2C(=O)OC(C)OC(=O)OC2CCCCC2)N(c2ccc(-c3ccccc3-c3nnn[nH]3)cc2)N1. The van der Waals surface area contributed by atoms with Crippen LogP contribution in [0.1, 0.15) is 73.1 Å². The number of aromatic nitrogens is 4. The van der Waals surface area contributed by atoms with Gasteiger partial charge in [0.25, 0.3) is 5.91 Å². The van der Waals surface area contributed by atoms with Crippen LogP contribution >= 0.6 is 10.5 Å². The highest BCUT2D eigenvalue weighted by atomic mass is 32.2. The van der Waals surface area contributed by atoms with E-state index in [1.165, 1.54) is 19.1 Å². The molecule has 1 aliphatic carbocycles. The topological polar surface area (TPSA) is 161 Å². The largest absolute Gasteiger partial charge is 0.511 e. The van der Waals surface area contributed by atoms with Crippen LogP contribution in [0.4, 0.5) is 10.5 Å². The molecule has 0 spiro atoms. The summed E-state index contributed by atoms with van der Waals surface area (Å²) in [5.41, 5.74) is 7.02. The number of amidine groups is 1. The zero-order chi connectivity index (χ0) is 34.3. The van der Waals surface area contributed by atoms with E-state index in [1.807, 2.05) is 61.7 Å². The fourth-order valence-corrected chi connectivity index (χ4v) is 7.32. The summed E-state index contributed by atoms with van der Waals surface area (Å²) >= 11 is 0. The van der Waals surface area contributed by atoms with Crippen LogP contribution in [0.15, 0.2) is 77.8 Å². The predicted octanol–water partition coefficient (Wildman–Crippen LogP) is 6.48. The molecule has 49 heavy (non-hydrogen) atoms. The molecule has 1 saturated carbocycles. The molecule has 2 aliphatic rings. The Balaban J connectivity index is 1.20. The molecule has 13 nitrogen and oxygen atoms in total. The number of hydrogen-bond donors (Lipinski definition) is 2. The van der Waals surface area contributed by atoms with E-state index in [2.05, 4.69) is 31.0 Å². The number of esters is 1. The van der Waals surface area contributed by atoms with Crippen LogP contribution in [0, 0.1) is 0 Å².